The van der Waals surface area contributed by atoms with Crippen LogP contribution in [-0.4, -0.2) is 37.2 Å². The molecule has 1 saturated carbocycles. The summed E-state index contributed by atoms with van der Waals surface area (Å²) in [6.45, 7) is 1.88. The Labute approximate surface area is 155 Å². The van der Waals surface area contributed by atoms with Gasteiger partial charge in [0.2, 0.25) is 0 Å². The van der Waals surface area contributed by atoms with E-state index in [2.05, 4.69) is 0 Å². The summed E-state index contributed by atoms with van der Waals surface area (Å²) in [6.07, 6.45) is 4.15. The highest BCUT2D eigenvalue weighted by Crippen LogP contribution is 2.37. The summed E-state index contributed by atoms with van der Waals surface area (Å²) in [5, 5.41) is 0. The summed E-state index contributed by atoms with van der Waals surface area (Å²) in [6, 6.07) is 9.15. The molecule has 7 nitrogen and oxygen atoms in total. The highest BCUT2D eigenvalue weighted by Gasteiger charge is 2.47. The maximum absolute atomic E-state index is 12.8. The van der Waals surface area contributed by atoms with Gasteiger partial charge in [-0.3, -0.25) is 8.51 Å². The first-order valence-electron chi connectivity index (χ1n) is 8.44. The van der Waals surface area contributed by atoms with E-state index >= 15 is 0 Å². The zero-order valence-electron chi connectivity index (χ0n) is 14.6. The summed E-state index contributed by atoms with van der Waals surface area (Å²) in [5.41, 5.74) is -0.518. The Morgan fingerprint density at radius 2 is 1.88 bits per heavy atom. The van der Waals surface area contributed by atoms with Crippen LogP contribution in [0.1, 0.15) is 38.2 Å². The zero-order chi connectivity index (χ0) is 19.0. The molecule has 1 fully saturated rings. The molecule has 0 saturated heterocycles. The Morgan fingerprint density at radius 3 is 2.46 bits per heavy atom. The standard InChI is InChI=1S/C18H23NO6S/c1-2-24-16(20)10-13-19(26(22)23)18(11-6-7-12-18)17(21)25-14-15-8-4-3-5-9-15/h3-5,8-10,13H,2,6-7,11-12,14H2,1H3,(H,22,23)/p-1. The van der Waals surface area contributed by atoms with E-state index in [0.717, 1.165) is 22.1 Å². The number of carbonyl (C=O) groups is 2. The summed E-state index contributed by atoms with van der Waals surface area (Å²) in [4.78, 5) is 24.3. The molecule has 1 aromatic rings. The van der Waals surface area contributed by atoms with Gasteiger partial charge in [-0.15, -0.1) is 0 Å². The second-order valence-corrected chi connectivity index (χ2v) is 6.74. The third-order valence-electron chi connectivity index (χ3n) is 4.24. The molecule has 0 aromatic heterocycles. The number of nitrogens with zero attached hydrogens (tertiary/aromatic N) is 1. The van der Waals surface area contributed by atoms with E-state index in [-0.39, 0.29) is 13.2 Å². The van der Waals surface area contributed by atoms with Crippen molar-refractivity contribution < 1.29 is 27.8 Å². The average molecular weight is 380 g/mol. The Balaban J connectivity index is 2.17. The predicted octanol–water partition coefficient (Wildman–Crippen LogP) is 2.22. The van der Waals surface area contributed by atoms with Crippen LogP contribution in [0.5, 0.6) is 0 Å². The second-order valence-electron chi connectivity index (χ2n) is 5.91. The Morgan fingerprint density at radius 1 is 1.23 bits per heavy atom. The lowest BCUT2D eigenvalue weighted by Gasteiger charge is -2.38. The number of carbonyl (C=O) groups excluding carboxylic acids is 2. The van der Waals surface area contributed by atoms with Gasteiger partial charge in [0.15, 0.2) is 0 Å². The first-order valence-corrected chi connectivity index (χ1v) is 9.47. The SMILES string of the molecule is CCOC(=O)C=CN(S(=O)[O-])C1(C(=O)OCc2ccccc2)CCCC1. The molecule has 0 heterocycles. The van der Waals surface area contributed by atoms with Crippen molar-refractivity contribution in [3.8, 4) is 0 Å². The van der Waals surface area contributed by atoms with Gasteiger partial charge in [-0.25, -0.2) is 9.59 Å². The molecule has 8 heteroatoms. The number of esters is 2. The fourth-order valence-corrected chi connectivity index (χ4v) is 3.69. The van der Waals surface area contributed by atoms with Gasteiger partial charge >= 0.3 is 11.9 Å². The molecular formula is C18H22NO6S-. The minimum Gasteiger partial charge on any atom is -0.755 e. The van der Waals surface area contributed by atoms with Crippen molar-refractivity contribution in [2.75, 3.05) is 6.61 Å². The van der Waals surface area contributed by atoms with Crippen molar-refractivity contribution in [2.24, 2.45) is 0 Å². The van der Waals surface area contributed by atoms with Crippen LogP contribution in [0.3, 0.4) is 0 Å². The maximum atomic E-state index is 12.8. The van der Waals surface area contributed by atoms with E-state index in [1.807, 2.05) is 30.3 Å². The van der Waals surface area contributed by atoms with Crippen LogP contribution in [0.25, 0.3) is 0 Å². The molecule has 1 aliphatic rings. The van der Waals surface area contributed by atoms with Gasteiger partial charge < -0.3 is 14.0 Å². The lowest BCUT2D eigenvalue weighted by atomic mass is 9.98. The molecule has 0 spiro atoms. The van der Waals surface area contributed by atoms with E-state index in [0.29, 0.717) is 25.7 Å². The topological polar surface area (TPSA) is 96.0 Å². The van der Waals surface area contributed by atoms with Gasteiger partial charge in [-0.2, -0.15) is 0 Å². The summed E-state index contributed by atoms with van der Waals surface area (Å²) in [5.74, 6) is -1.29. The molecule has 2 rings (SSSR count). The van der Waals surface area contributed by atoms with Crippen molar-refractivity contribution >= 4 is 23.2 Å². The molecule has 142 valence electrons. The van der Waals surface area contributed by atoms with Gasteiger partial charge in [0, 0.05) is 23.5 Å². The van der Waals surface area contributed by atoms with Gasteiger partial charge in [0.1, 0.15) is 12.1 Å². The average Bonchev–Trinajstić information content (AvgIpc) is 3.11. The van der Waals surface area contributed by atoms with Crippen LogP contribution < -0.4 is 0 Å². The predicted molar refractivity (Wildman–Crippen MR) is 94.0 cm³/mol. The number of rotatable bonds is 8. The fourth-order valence-electron chi connectivity index (χ4n) is 2.99. The van der Waals surface area contributed by atoms with Crippen LogP contribution in [-0.2, 0) is 36.9 Å². The van der Waals surface area contributed by atoms with Crippen molar-refractivity contribution in [3.05, 3.63) is 48.2 Å². The normalized spacial score (nSPS) is 17.0. The lowest BCUT2D eigenvalue weighted by molar-refractivity contribution is -0.155. The van der Waals surface area contributed by atoms with E-state index in [1.165, 1.54) is 0 Å². The van der Waals surface area contributed by atoms with Gasteiger partial charge in [-0.05, 0) is 25.3 Å². The second kappa shape index (κ2) is 9.49. The molecule has 0 N–H and O–H groups in total. The molecular weight excluding hydrogens is 358 g/mol. The Kier molecular flexibility index (Phi) is 7.35. The van der Waals surface area contributed by atoms with Gasteiger partial charge in [0.05, 0.1) is 6.61 Å². The van der Waals surface area contributed by atoms with E-state index in [9.17, 15) is 18.4 Å². The molecule has 0 amide bonds. The molecule has 26 heavy (non-hydrogen) atoms. The summed E-state index contributed by atoms with van der Waals surface area (Å²) >= 11 is -2.73. The smallest absolute Gasteiger partial charge is 0.333 e. The van der Waals surface area contributed by atoms with Crippen LogP contribution in [0, 0.1) is 0 Å². The number of ether oxygens (including phenoxy) is 2. The minimum absolute atomic E-state index is 0.0579. The molecule has 1 atom stereocenters. The lowest BCUT2D eigenvalue weighted by Crippen LogP contribution is -2.51. The number of benzene rings is 1. The third kappa shape index (κ3) is 4.92. The highest BCUT2D eigenvalue weighted by molar-refractivity contribution is 7.76. The minimum atomic E-state index is -2.73. The van der Waals surface area contributed by atoms with Gasteiger partial charge in [0.25, 0.3) is 0 Å². The Bertz CT molecular complexity index is 670. The summed E-state index contributed by atoms with van der Waals surface area (Å²) in [7, 11) is 0. The molecule has 0 aliphatic heterocycles. The molecule has 0 radical (unpaired) electrons. The van der Waals surface area contributed by atoms with Crippen LogP contribution in [0.4, 0.5) is 0 Å². The van der Waals surface area contributed by atoms with Crippen molar-refractivity contribution in [1.29, 1.82) is 0 Å². The highest BCUT2D eigenvalue weighted by atomic mass is 32.2. The number of hydrogen-bond donors (Lipinski definition) is 0. The quantitative estimate of drug-likeness (QED) is 0.390. The fraction of sp³-hybridized carbons (Fsp3) is 0.444. The zero-order valence-corrected chi connectivity index (χ0v) is 15.4. The van der Waals surface area contributed by atoms with Crippen LogP contribution in [0.2, 0.25) is 0 Å². The van der Waals surface area contributed by atoms with Crippen molar-refractivity contribution in [3.63, 3.8) is 0 Å². The number of hydrogen-bond acceptors (Lipinski definition) is 6. The Hall–Kier alpha value is -2.19. The van der Waals surface area contributed by atoms with Crippen molar-refractivity contribution in [2.45, 2.75) is 44.8 Å². The first-order chi connectivity index (χ1) is 12.5. The maximum Gasteiger partial charge on any atom is 0.333 e. The monoisotopic (exact) mass is 380 g/mol. The third-order valence-corrected chi connectivity index (χ3v) is 5.03. The summed E-state index contributed by atoms with van der Waals surface area (Å²) < 4.78 is 34.6. The largest absolute Gasteiger partial charge is 0.755 e. The van der Waals surface area contributed by atoms with Crippen LogP contribution >= 0.6 is 0 Å². The van der Waals surface area contributed by atoms with Crippen LogP contribution in [0.15, 0.2) is 42.6 Å². The first kappa shape index (κ1) is 20.1. The molecule has 1 unspecified atom stereocenters. The molecule has 1 aromatic carbocycles. The van der Waals surface area contributed by atoms with E-state index in [1.54, 1.807) is 6.92 Å². The van der Waals surface area contributed by atoms with E-state index < -0.39 is 28.7 Å². The molecule has 1 aliphatic carbocycles. The van der Waals surface area contributed by atoms with Gasteiger partial charge in [-0.1, -0.05) is 43.2 Å². The van der Waals surface area contributed by atoms with Crippen molar-refractivity contribution in [1.82, 2.24) is 4.31 Å². The van der Waals surface area contributed by atoms with E-state index in [4.69, 9.17) is 9.47 Å². The molecule has 0 bridgehead atoms.